The number of aromatic nitrogens is 2. The van der Waals surface area contributed by atoms with Crippen LogP contribution in [0, 0.1) is 5.92 Å². The lowest BCUT2D eigenvalue weighted by Gasteiger charge is -2.33. The number of nitrogens with one attached hydrogen (secondary N) is 2. The van der Waals surface area contributed by atoms with E-state index >= 15 is 0 Å². The average Bonchev–Trinajstić information content (AvgIpc) is 3.01. The number of fused-ring (bicyclic) bond motifs is 1. The SMILES string of the molecule is CC(C)(C)OC(=O)N1CCC[C@@H](C(=O)NCc2nc3ccccc3[nH]2)C1. The molecule has 1 aliphatic rings. The minimum atomic E-state index is -0.534. The van der Waals surface area contributed by atoms with E-state index in [0.29, 0.717) is 19.6 Å². The Bertz CT molecular complexity index is 760. The Morgan fingerprint density at radius 2 is 2.12 bits per heavy atom. The molecule has 7 heteroatoms. The predicted octanol–water partition coefficient (Wildman–Crippen LogP) is 2.83. The molecule has 2 amide bonds. The van der Waals surface area contributed by atoms with E-state index in [1.54, 1.807) is 4.90 Å². The lowest BCUT2D eigenvalue weighted by atomic mass is 9.97. The van der Waals surface area contributed by atoms with Crippen molar-refractivity contribution < 1.29 is 14.3 Å². The highest BCUT2D eigenvalue weighted by atomic mass is 16.6. The minimum absolute atomic E-state index is 0.0567. The maximum absolute atomic E-state index is 12.5. The van der Waals surface area contributed by atoms with Crippen LogP contribution in [0.4, 0.5) is 4.79 Å². The molecule has 2 heterocycles. The Morgan fingerprint density at radius 1 is 1.35 bits per heavy atom. The molecule has 1 aromatic carbocycles. The van der Waals surface area contributed by atoms with Gasteiger partial charge in [0.1, 0.15) is 11.4 Å². The zero-order chi connectivity index (χ0) is 18.7. The quantitative estimate of drug-likeness (QED) is 0.883. The van der Waals surface area contributed by atoms with Crippen LogP contribution in [-0.4, -0.2) is 45.6 Å². The summed E-state index contributed by atoms with van der Waals surface area (Å²) in [5.74, 6) is 0.443. The summed E-state index contributed by atoms with van der Waals surface area (Å²) in [5, 5.41) is 2.93. The lowest BCUT2D eigenvalue weighted by Crippen LogP contribution is -2.47. The maximum Gasteiger partial charge on any atom is 0.410 e. The van der Waals surface area contributed by atoms with Crippen LogP contribution in [0.5, 0.6) is 0 Å². The first-order valence-electron chi connectivity index (χ1n) is 9.01. The molecule has 1 fully saturated rings. The number of carbonyl (C=O) groups excluding carboxylic acids is 2. The number of imidazole rings is 1. The van der Waals surface area contributed by atoms with Crippen molar-refractivity contribution in [2.24, 2.45) is 5.92 Å². The molecule has 0 aliphatic carbocycles. The fourth-order valence-corrected chi connectivity index (χ4v) is 3.09. The van der Waals surface area contributed by atoms with Gasteiger partial charge < -0.3 is 19.9 Å². The lowest BCUT2D eigenvalue weighted by molar-refractivity contribution is -0.126. The van der Waals surface area contributed by atoms with Crippen LogP contribution in [0.3, 0.4) is 0 Å². The number of carbonyl (C=O) groups is 2. The molecule has 0 unspecified atom stereocenters. The fraction of sp³-hybridized carbons (Fsp3) is 0.526. The van der Waals surface area contributed by atoms with Crippen molar-refractivity contribution in [3.63, 3.8) is 0 Å². The minimum Gasteiger partial charge on any atom is -0.444 e. The van der Waals surface area contributed by atoms with Gasteiger partial charge in [0.05, 0.1) is 23.5 Å². The standard InChI is InChI=1S/C19H26N4O3/c1-19(2,3)26-18(25)23-10-6-7-13(12-23)17(24)20-11-16-21-14-8-4-5-9-15(14)22-16/h4-5,8-9,13H,6-7,10-12H2,1-3H3,(H,20,24)(H,21,22)/t13-/m1/s1. The highest BCUT2D eigenvalue weighted by Gasteiger charge is 2.30. The van der Waals surface area contributed by atoms with Crippen molar-refractivity contribution in [3.8, 4) is 0 Å². The largest absolute Gasteiger partial charge is 0.444 e. The van der Waals surface area contributed by atoms with Crippen LogP contribution in [0.15, 0.2) is 24.3 Å². The summed E-state index contributed by atoms with van der Waals surface area (Å²) in [7, 11) is 0. The van der Waals surface area contributed by atoms with Crippen molar-refractivity contribution in [1.82, 2.24) is 20.2 Å². The normalized spacial score (nSPS) is 18.0. The van der Waals surface area contributed by atoms with E-state index in [2.05, 4.69) is 15.3 Å². The molecule has 0 bridgehead atoms. The summed E-state index contributed by atoms with van der Waals surface area (Å²) in [6.45, 7) is 6.88. The van der Waals surface area contributed by atoms with E-state index in [1.165, 1.54) is 0 Å². The van der Waals surface area contributed by atoms with E-state index in [4.69, 9.17) is 4.74 Å². The van der Waals surface area contributed by atoms with Crippen molar-refractivity contribution in [1.29, 1.82) is 0 Å². The summed E-state index contributed by atoms with van der Waals surface area (Å²) in [6, 6.07) is 7.75. The smallest absolute Gasteiger partial charge is 0.410 e. The number of hydrogen-bond donors (Lipinski definition) is 2. The van der Waals surface area contributed by atoms with E-state index in [0.717, 1.165) is 29.7 Å². The van der Waals surface area contributed by atoms with Gasteiger partial charge in [-0.2, -0.15) is 0 Å². The number of aromatic amines is 1. The Kier molecular flexibility index (Phi) is 5.15. The van der Waals surface area contributed by atoms with Crippen molar-refractivity contribution in [2.45, 2.75) is 45.8 Å². The summed E-state index contributed by atoms with van der Waals surface area (Å²) >= 11 is 0. The maximum atomic E-state index is 12.5. The monoisotopic (exact) mass is 358 g/mol. The van der Waals surface area contributed by atoms with Crippen LogP contribution < -0.4 is 5.32 Å². The summed E-state index contributed by atoms with van der Waals surface area (Å²) in [5.41, 5.74) is 1.30. The molecular weight excluding hydrogens is 332 g/mol. The third-order valence-corrected chi connectivity index (χ3v) is 4.31. The molecule has 1 atom stereocenters. The zero-order valence-electron chi connectivity index (χ0n) is 15.5. The summed E-state index contributed by atoms with van der Waals surface area (Å²) < 4.78 is 5.41. The number of nitrogens with zero attached hydrogens (tertiary/aromatic N) is 2. The first-order chi connectivity index (χ1) is 12.3. The van der Waals surface area contributed by atoms with Crippen LogP contribution >= 0.6 is 0 Å². The zero-order valence-corrected chi connectivity index (χ0v) is 15.5. The van der Waals surface area contributed by atoms with E-state index in [-0.39, 0.29) is 17.9 Å². The molecular formula is C19H26N4O3. The molecule has 1 aliphatic heterocycles. The molecule has 0 spiro atoms. The molecule has 7 nitrogen and oxygen atoms in total. The van der Waals surface area contributed by atoms with Gasteiger partial charge in [-0.1, -0.05) is 12.1 Å². The van der Waals surface area contributed by atoms with E-state index in [1.807, 2.05) is 45.0 Å². The molecule has 0 radical (unpaired) electrons. The predicted molar refractivity (Wildman–Crippen MR) is 98.5 cm³/mol. The molecule has 1 saturated heterocycles. The molecule has 26 heavy (non-hydrogen) atoms. The highest BCUT2D eigenvalue weighted by Crippen LogP contribution is 2.20. The topological polar surface area (TPSA) is 87.3 Å². The van der Waals surface area contributed by atoms with E-state index < -0.39 is 5.60 Å². The molecule has 0 saturated carbocycles. The Hall–Kier alpha value is -2.57. The van der Waals surface area contributed by atoms with Gasteiger partial charge in [-0.3, -0.25) is 4.79 Å². The third-order valence-electron chi connectivity index (χ3n) is 4.31. The van der Waals surface area contributed by atoms with Crippen LogP contribution in [0.2, 0.25) is 0 Å². The fourth-order valence-electron chi connectivity index (χ4n) is 3.09. The second-order valence-corrected chi connectivity index (χ2v) is 7.68. The number of likely N-dealkylation sites (tertiary alicyclic amines) is 1. The summed E-state index contributed by atoms with van der Waals surface area (Å²) in [6.07, 6.45) is 1.21. The van der Waals surface area contributed by atoms with Gasteiger partial charge in [-0.05, 0) is 45.7 Å². The Morgan fingerprint density at radius 3 is 2.85 bits per heavy atom. The number of hydrogen-bond acceptors (Lipinski definition) is 4. The van der Waals surface area contributed by atoms with Crippen LogP contribution in [0.1, 0.15) is 39.4 Å². The molecule has 3 rings (SSSR count). The Labute approximate surface area is 153 Å². The summed E-state index contributed by atoms with van der Waals surface area (Å²) in [4.78, 5) is 34.0. The number of benzene rings is 1. The second kappa shape index (κ2) is 7.35. The number of para-hydroxylation sites is 2. The first kappa shape index (κ1) is 18.2. The van der Waals surface area contributed by atoms with Crippen LogP contribution in [-0.2, 0) is 16.1 Å². The van der Waals surface area contributed by atoms with E-state index in [9.17, 15) is 9.59 Å². The third kappa shape index (κ3) is 4.53. The molecule has 140 valence electrons. The molecule has 2 aromatic rings. The highest BCUT2D eigenvalue weighted by molar-refractivity contribution is 5.80. The first-order valence-corrected chi connectivity index (χ1v) is 9.01. The number of ether oxygens (including phenoxy) is 1. The van der Waals surface area contributed by atoms with Crippen LogP contribution in [0.25, 0.3) is 11.0 Å². The van der Waals surface area contributed by atoms with Gasteiger partial charge in [0.2, 0.25) is 5.91 Å². The number of H-pyrrole nitrogens is 1. The number of rotatable bonds is 3. The van der Waals surface area contributed by atoms with Crippen molar-refractivity contribution in [2.75, 3.05) is 13.1 Å². The van der Waals surface area contributed by atoms with Gasteiger partial charge in [0.25, 0.3) is 0 Å². The number of amides is 2. The van der Waals surface area contributed by atoms with Gasteiger partial charge in [-0.25, -0.2) is 9.78 Å². The van der Waals surface area contributed by atoms with Crippen molar-refractivity contribution >= 4 is 23.0 Å². The number of piperidine rings is 1. The van der Waals surface area contributed by atoms with Gasteiger partial charge >= 0.3 is 6.09 Å². The molecule has 2 N–H and O–H groups in total. The average molecular weight is 358 g/mol. The Balaban J connectivity index is 1.54. The van der Waals surface area contributed by atoms with Crippen molar-refractivity contribution in [3.05, 3.63) is 30.1 Å². The van der Waals surface area contributed by atoms with Gasteiger partial charge in [0.15, 0.2) is 0 Å². The second-order valence-electron chi connectivity index (χ2n) is 7.68. The van der Waals surface area contributed by atoms with Gasteiger partial charge in [-0.15, -0.1) is 0 Å². The van der Waals surface area contributed by atoms with Gasteiger partial charge in [0, 0.05) is 13.1 Å². The molecule has 1 aromatic heterocycles.